The van der Waals surface area contributed by atoms with Crippen molar-refractivity contribution in [1.29, 1.82) is 0 Å². The predicted octanol–water partition coefficient (Wildman–Crippen LogP) is 2.03. The predicted molar refractivity (Wildman–Crippen MR) is 84.3 cm³/mol. The molecule has 0 aliphatic carbocycles. The smallest absolute Gasteiger partial charge is 0.406 e. The molecule has 2 rings (SSSR count). The van der Waals surface area contributed by atoms with Gasteiger partial charge >= 0.3 is 6.36 Å². The number of nitrogens with zero attached hydrogens (tertiary/aromatic N) is 1. The van der Waals surface area contributed by atoms with Crippen LogP contribution in [0, 0.1) is 5.92 Å². The van der Waals surface area contributed by atoms with Crippen LogP contribution < -0.4 is 4.74 Å². The summed E-state index contributed by atoms with van der Waals surface area (Å²) in [7, 11) is -7.33. The molecular weight excluding hydrogens is 383 g/mol. The maximum Gasteiger partial charge on any atom is 0.573 e. The Morgan fingerprint density at radius 2 is 1.64 bits per heavy atom. The lowest BCUT2D eigenvalue weighted by Crippen LogP contribution is -2.57. The monoisotopic (exact) mass is 401 g/mol. The van der Waals surface area contributed by atoms with Crippen molar-refractivity contribution in [3.63, 3.8) is 0 Å². The van der Waals surface area contributed by atoms with Crippen molar-refractivity contribution in [3.05, 3.63) is 24.3 Å². The van der Waals surface area contributed by atoms with Gasteiger partial charge < -0.3 is 4.74 Å². The lowest BCUT2D eigenvalue weighted by atomic mass is 10.3. The van der Waals surface area contributed by atoms with E-state index in [1.807, 2.05) is 0 Å². The van der Waals surface area contributed by atoms with Crippen LogP contribution in [0.25, 0.3) is 0 Å². The van der Waals surface area contributed by atoms with Crippen LogP contribution >= 0.6 is 0 Å². The van der Waals surface area contributed by atoms with Crippen molar-refractivity contribution >= 4 is 19.9 Å². The molecule has 0 radical (unpaired) electrons. The molecule has 0 bridgehead atoms. The van der Waals surface area contributed by atoms with Gasteiger partial charge in [0.05, 0.1) is 15.9 Å². The van der Waals surface area contributed by atoms with Gasteiger partial charge in [-0.2, -0.15) is 4.31 Å². The highest BCUT2D eigenvalue weighted by Gasteiger charge is 2.43. The normalized spacial score (nSPS) is 17.5. The zero-order valence-corrected chi connectivity index (χ0v) is 15.2. The van der Waals surface area contributed by atoms with E-state index in [0.717, 1.165) is 28.6 Å². The van der Waals surface area contributed by atoms with Crippen molar-refractivity contribution in [2.75, 3.05) is 18.8 Å². The first-order valence-corrected chi connectivity index (χ1v) is 10.5. The largest absolute Gasteiger partial charge is 0.573 e. The lowest BCUT2D eigenvalue weighted by Gasteiger charge is -2.37. The van der Waals surface area contributed by atoms with Gasteiger partial charge in [-0.1, -0.05) is 13.8 Å². The molecule has 1 aliphatic heterocycles. The van der Waals surface area contributed by atoms with Crippen molar-refractivity contribution in [1.82, 2.24) is 4.31 Å². The van der Waals surface area contributed by atoms with Crippen LogP contribution in [-0.4, -0.2) is 51.6 Å². The number of sulfonamides is 1. The molecule has 1 aromatic carbocycles. The third-order valence-electron chi connectivity index (χ3n) is 3.58. The Hall–Kier alpha value is -1.33. The van der Waals surface area contributed by atoms with E-state index in [-0.39, 0.29) is 29.7 Å². The maximum atomic E-state index is 12.4. The Labute approximate surface area is 144 Å². The fourth-order valence-corrected chi connectivity index (χ4v) is 6.12. The topological polar surface area (TPSA) is 80.8 Å². The minimum atomic E-state index is -4.87. The average molecular weight is 401 g/mol. The van der Waals surface area contributed by atoms with E-state index in [4.69, 9.17) is 0 Å². The van der Waals surface area contributed by atoms with E-state index in [9.17, 15) is 30.0 Å². The summed E-state index contributed by atoms with van der Waals surface area (Å²) in [4.78, 5) is -0.221. The number of rotatable bonds is 6. The fourth-order valence-electron chi connectivity index (χ4n) is 2.39. The van der Waals surface area contributed by atoms with E-state index in [1.165, 1.54) is 0 Å². The first-order chi connectivity index (χ1) is 11.3. The number of alkyl halides is 3. The standard InChI is InChI=1S/C14H18F3NO5S2/c1-10(2)9-24(19,20)13-7-18(8-13)25(21,22)12-5-3-11(4-6-12)23-14(15,16)17/h3-6,10,13H,7-9H2,1-2H3. The number of hydrogen-bond donors (Lipinski definition) is 0. The van der Waals surface area contributed by atoms with Crippen molar-refractivity contribution in [2.45, 2.75) is 30.4 Å². The summed E-state index contributed by atoms with van der Waals surface area (Å²) in [6.45, 7) is 3.21. The SMILES string of the molecule is CC(C)CS(=O)(=O)C1CN(S(=O)(=O)c2ccc(OC(F)(F)F)cc2)C1. The summed E-state index contributed by atoms with van der Waals surface area (Å²) in [6, 6.07) is 3.78. The highest BCUT2D eigenvalue weighted by atomic mass is 32.2. The molecule has 0 atom stereocenters. The van der Waals surface area contributed by atoms with E-state index in [0.29, 0.717) is 0 Å². The second-order valence-electron chi connectivity index (χ2n) is 6.19. The summed E-state index contributed by atoms with van der Waals surface area (Å²) >= 11 is 0. The molecule has 6 nitrogen and oxygen atoms in total. The van der Waals surface area contributed by atoms with Crippen molar-refractivity contribution in [3.8, 4) is 5.75 Å². The van der Waals surface area contributed by atoms with Crippen LogP contribution in [-0.2, 0) is 19.9 Å². The Morgan fingerprint density at radius 1 is 1.12 bits per heavy atom. The molecule has 1 heterocycles. The molecule has 1 aromatic rings. The summed E-state index contributed by atoms with van der Waals surface area (Å²) < 4.78 is 89.9. The van der Waals surface area contributed by atoms with Crippen LogP contribution in [0.3, 0.4) is 0 Å². The zero-order chi connectivity index (χ0) is 19.0. The van der Waals surface area contributed by atoms with E-state index in [2.05, 4.69) is 4.74 Å². The summed E-state index contributed by atoms with van der Waals surface area (Å²) in [5, 5.41) is -0.752. The summed E-state index contributed by atoms with van der Waals surface area (Å²) in [5.41, 5.74) is 0. The van der Waals surface area contributed by atoms with Gasteiger partial charge in [-0.15, -0.1) is 13.2 Å². The Balaban J connectivity index is 2.06. The van der Waals surface area contributed by atoms with Crippen LogP contribution in [0.2, 0.25) is 0 Å². The maximum absolute atomic E-state index is 12.4. The number of benzene rings is 1. The molecule has 0 spiro atoms. The molecule has 11 heteroatoms. The van der Waals surface area contributed by atoms with E-state index in [1.54, 1.807) is 13.8 Å². The van der Waals surface area contributed by atoms with Crippen molar-refractivity contribution in [2.24, 2.45) is 5.92 Å². The first kappa shape index (κ1) is 20.0. The Morgan fingerprint density at radius 3 is 2.08 bits per heavy atom. The molecular formula is C14H18F3NO5S2. The lowest BCUT2D eigenvalue weighted by molar-refractivity contribution is -0.274. The van der Waals surface area contributed by atoms with Gasteiger partial charge in [-0.05, 0) is 30.2 Å². The molecule has 0 amide bonds. The van der Waals surface area contributed by atoms with Gasteiger partial charge in [-0.25, -0.2) is 16.8 Å². The second kappa shape index (κ2) is 6.76. The van der Waals surface area contributed by atoms with Crippen LogP contribution in [0.1, 0.15) is 13.8 Å². The van der Waals surface area contributed by atoms with Gasteiger partial charge in [0.1, 0.15) is 5.75 Å². The molecule has 0 saturated carbocycles. The fraction of sp³-hybridized carbons (Fsp3) is 0.571. The quantitative estimate of drug-likeness (QED) is 0.729. The third-order valence-corrected chi connectivity index (χ3v) is 7.87. The van der Waals surface area contributed by atoms with Crippen molar-refractivity contribution < 1.29 is 34.7 Å². The third kappa shape index (κ3) is 4.85. The summed E-state index contributed by atoms with van der Waals surface area (Å²) in [6.07, 6.45) is -4.87. The highest BCUT2D eigenvalue weighted by Crippen LogP contribution is 2.28. The first-order valence-electron chi connectivity index (χ1n) is 7.39. The zero-order valence-electron chi connectivity index (χ0n) is 13.5. The van der Waals surface area contributed by atoms with E-state index < -0.39 is 37.2 Å². The molecule has 1 aliphatic rings. The van der Waals surface area contributed by atoms with Gasteiger partial charge in [0, 0.05) is 13.1 Å². The molecule has 1 fully saturated rings. The molecule has 25 heavy (non-hydrogen) atoms. The van der Waals surface area contributed by atoms with E-state index >= 15 is 0 Å². The number of halogens is 3. The molecule has 0 aromatic heterocycles. The van der Waals surface area contributed by atoms with Gasteiger partial charge in [0.25, 0.3) is 0 Å². The number of ether oxygens (including phenoxy) is 1. The number of hydrogen-bond acceptors (Lipinski definition) is 5. The molecule has 142 valence electrons. The Bertz CT molecular complexity index is 811. The molecule has 0 N–H and O–H groups in total. The average Bonchev–Trinajstić information content (AvgIpc) is 2.32. The van der Waals surface area contributed by atoms with Gasteiger partial charge in [-0.3, -0.25) is 0 Å². The Kier molecular flexibility index (Phi) is 5.41. The minimum Gasteiger partial charge on any atom is -0.406 e. The minimum absolute atomic E-state index is 0.0188. The highest BCUT2D eigenvalue weighted by molar-refractivity contribution is 7.92. The van der Waals surface area contributed by atoms with Gasteiger partial charge in [0.2, 0.25) is 10.0 Å². The van der Waals surface area contributed by atoms with Crippen LogP contribution in [0.5, 0.6) is 5.75 Å². The molecule has 1 saturated heterocycles. The molecule has 0 unspecified atom stereocenters. The van der Waals surface area contributed by atoms with Gasteiger partial charge in [0.15, 0.2) is 9.84 Å². The summed E-state index contributed by atoms with van der Waals surface area (Å²) in [5.74, 6) is -0.612. The van der Waals surface area contributed by atoms with Crippen LogP contribution in [0.4, 0.5) is 13.2 Å². The number of sulfone groups is 1. The second-order valence-corrected chi connectivity index (χ2v) is 10.5. The van der Waals surface area contributed by atoms with Crippen LogP contribution in [0.15, 0.2) is 29.2 Å².